The molecule has 1 saturated carbocycles. The number of hydrogen-bond donors (Lipinski definition) is 0. The smallest absolute Gasteiger partial charge is 0.148 e. The Morgan fingerprint density at radius 1 is 0.913 bits per heavy atom. The predicted octanol–water partition coefficient (Wildman–Crippen LogP) is 4.82. The average molecular weight is 366 g/mol. The largest absolute Gasteiger partial charge is 0.240 e. The molecule has 2 heterocycles. The molecule has 2 aromatic rings. The molecule has 0 radical (unpaired) electrons. The van der Waals surface area contributed by atoms with E-state index in [0.29, 0.717) is 21.4 Å². The lowest BCUT2D eigenvalue weighted by atomic mass is 10.2. The van der Waals surface area contributed by atoms with Crippen LogP contribution in [0.1, 0.15) is 29.7 Å². The summed E-state index contributed by atoms with van der Waals surface area (Å²) < 4.78 is 0. The first kappa shape index (κ1) is 17.5. The lowest BCUT2D eigenvalue weighted by molar-refractivity contribution is 0.804. The Morgan fingerprint density at radius 3 is 1.96 bits per heavy atom. The van der Waals surface area contributed by atoms with Crippen LogP contribution in [0.3, 0.4) is 0 Å². The van der Waals surface area contributed by atoms with Crippen LogP contribution in [-0.4, -0.2) is 9.97 Å². The third-order valence-corrected chi connectivity index (χ3v) is 3.94. The molecule has 1 fully saturated rings. The number of halogens is 3. The van der Waals surface area contributed by atoms with E-state index in [9.17, 15) is 0 Å². The van der Waals surface area contributed by atoms with Crippen LogP contribution in [0.4, 0.5) is 0 Å². The van der Waals surface area contributed by atoms with Crippen molar-refractivity contribution in [3.63, 3.8) is 0 Å². The van der Waals surface area contributed by atoms with Crippen molar-refractivity contribution in [1.29, 1.82) is 10.5 Å². The lowest BCUT2D eigenvalue weighted by Crippen LogP contribution is -1.93. The third kappa shape index (κ3) is 5.37. The quantitative estimate of drug-likeness (QED) is 0.715. The van der Waals surface area contributed by atoms with E-state index in [4.69, 9.17) is 45.3 Å². The minimum atomic E-state index is 0.148. The standard InChI is InChI=1S/C10H9ClN2.C6H2Cl2N2/c11-10-8(6-12)3-4-9(13-10)5-7-1-2-7;7-5-2-1-4(3-9)6(8)10-5/h3-4,7H,1-2,5H2;1-2H. The number of nitriles is 2. The van der Waals surface area contributed by atoms with E-state index < -0.39 is 0 Å². The molecule has 2 aromatic heterocycles. The maximum absolute atomic E-state index is 8.63. The van der Waals surface area contributed by atoms with Crippen molar-refractivity contribution in [2.45, 2.75) is 19.3 Å². The normalized spacial score (nSPS) is 12.6. The van der Waals surface area contributed by atoms with Crippen LogP contribution in [0.25, 0.3) is 0 Å². The summed E-state index contributed by atoms with van der Waals surface area (Å²) in [5, 5.41) is 17.8. The topological polar surface area (TPSA) is 73.4 Å². The van der Waals surface area contributed by atoms with E-state index in [2.05, 4.69) is 9.97 Å². The van der Waals surface area contributed by atoms with E-state index in [-0.39, 0.29) is 5.15 Å². The molecule has 0 aromatic carbocycles. The Bertz CT molecular complexity index is 789. The van der Waals surface area contributed by atoms with Crippen molar-refractivity contribution in [3.8, 4) is 12.1 Å². The van der Waals surface area contributed by atoms with Crippen molar-refractivity contribution >= 4 is 34.8 Å². The highest BCUT2D eigenvalue weighted by molar-refractivity contribution is 6.33. The average Bonchev–Trinajstić information content (AvgIpc) is 3.32. The second kappa shape index (κ2) is 8.13. The maximum Gasteiger partial charge on any atom is 0.148 e. The summed E-state index contributed by atoms with van der Waals surface area (Å²) in [7, 11) is 0. The van der Waals surface area contributed by atoms with Crippen molar-refractivity contribution < 1.29 is 0 Å². The molecule has 4 nitrogen and oxygen atoms in total. The maximum atomic E-state index is 8.63. The van der Waals surface area contributed by atoms with Crippen LogP contribution < -0.4 is 0 Å². The van der Waals surface area contributed by atoms with Gasteiger partial charge in [0.25, 0.3) is 0 Å². The number of nitrogens with zero attached hydrogens (tertiary/aromatic N) is 4. The molecule has 0 N–H and O–H groups in total. The highest BCUT2D eigenvalue weighted by atomic mass is 35.5. The second-order valence-corrected chi connectivity index (χ2v) is 6.09. The highest BCUT2D eigenvalue weighted by Crippen LogP contribution is 2.32. The molecule has 116 valence electrons. The van der Waals surface area contributed by atoms with Gasteiger partial charge in [-0.25, -0.2) is 9.97 Å². The van der Waals surface area contributed by atoms with E-state index in [1.807, 2.05) is 18.2 Å². The van der Waals surface area contributed by atoms with Gasteiger partial charge in [0.1, 0.15) is 27.6 Å². The van der Waals surface area contributed by atoms with Crippen LogP contribution in [0.2, 0.25) is 15.5 Å². The zero-order valence-corrected chi connectivity index (χ0v) is 14.2. The molecule has 1 aliphatic rings. The molecule has 3 rings (SSSR count). The van der Waals surface area contributed by atoms with Gasteiger partial charge in [-0.2, -0.15) is 10.5 Å². The fourth-order valence-corrected chi connectivity index (χ4v) is 2.38. The summed E-state index contributed by atoms with van der Waals surface area (Å²) in [6.45, 7) is 0. The molecule has 23 heavy (non-hydrogen) atoms. The first-order valence-corrected chi connectivity index (χ1v) is 7.94. The fourth-order valence-electron chi connectivity index (χ4n) is 1.78. The summed E-state index contributed by atoms with van der Waals surface area (Å²) in [5.41, 5.74) is 1.80. The number of pyridine rings is 2. The van der Waals surface area contributed by atoms with Crippen molar-refractivity contribution in [2.75, 3.05) is 0 Å². The Kier molecular flexibility index (Phi) is 6.19. The summed E-state index contributed by atoms with van der Waals surface area (Å²) in [6, 6.07) is 10.5. The number of hydrogen-bond acceptors (Lipinski definition) is 4. The Balaban J connectivity index is 0.000000174. The molecule has 0 atom stereocenters. The number of aromatic nitrogens is 2. The fraction of sp³-hybridized carbons (Fsp3) is 0.250. The van der Waals surface area contributed by atoms with Crippen LogP contribution >= 0.6 is 34.8 Å². The molecule has 0 aliphatic heterocycles. The minimum Gasteiger partial charge on any atom is -0.240 e. The van der Waals surface area contributed by atoms with Gasteiger partial charge < -0.3 is 0 Å². The third-order valence-electron chi connectivity index (χ3n) is 3.16. The van der Waals surface area contributed by atoms with Crippen molar-refractivity contribution in [2.24, 2.45) is 5.92 Å². The van der Waals surface area contributed by atoms with Gasteiger partial charge in [0.05, 0.1) is 11.1 Å². The molecule has 0 amide bonds. The van der Waals surface area contributed by atoms with Crippen LogP contribution in [0.15, 0.2) is 24.3 Å². The van der Waals surface area contributed by atoms with Crippen molar-refractivity contribution in [1.82, 2.24) is 9.97 Å². The lowest BCUT2D eigenvalue weighted by Gasteiger charge is -1.99. The van der Waals surface area contributed by atoms with Gasteiger partial charge in [0.15, 0.2) is 0 Å². The monoisotopic (exact) mass is 364 g/mol. The summed E-state index contributed by atoms with van der Waals surface area (Å²) in [5.74, 6) is 0.802. The highest BCUT2D eigenvalue weighted by Gasteiger charge is 2.22. The van der Waals surface area contributed by atoms with Crippen LogP contribution in [-0.2, 0) is 6.42 Å². The summed E-state index contributed by atoms with van der Waals surface area (Å²) >= 11 is 16.8. The van der Waals surface area contributed by atoms with E-state index in [1.165, 1.54) is 25.0 Å². The first-order valence-electron chi connectivity index (χ1n) is 6.81. The number of rotatable bonds is 2. The Morgan fingerprint density at radius 2 is 1.48 bits per heavy atom. The van der Waals surface area contributed by atoms with E-state index in [1.54, 1.807) is 6.07 Å². The van der Waals surface area contributed by atoms with E-state index in [0.717, 1.165) is 18.0 Å². The molecule has 7 heteroatoms. The van der Waals surface area contributed by atoms with Gasteiger partial charge in [-0.1, -0.05) is 34.8 Å². The minimum absolute atomic E-state index is 0.148. The van der Waals surface area contributed by atoms with Gasteiger partial charge in [-0.15, -0.1) is 0 Å². The molecule has 0 saturated heterocycles. The molecule has 0 bridgehead atoms. The van der Waals surface area contributed by atoms with Gasteiger partial charge in [0, 0.05) is 5.69 Å². The Hall–Kier alpha value is -1.85. The van der Waals surface area contributed by atoms with Gasteiger partial charge >= 0.3 is 0 Å². The predicted molar refractivity (Wildman–Crippen MR) is 89.4 cm³/mol. The molecular weight excluding hydrogens is 355 g/mol. The zero-order valence-electron chi connectivity index (χ0n) is 11.9. The Labute approximate surface area is 149 Å². The van der Waals surface area contributed by atoms with Gasteiger partial charge in [-0.3, -0.25) is 0 Å². The van der Waals surface area contributed by atoms with Gasteiger partial charge in [-0.05, 0) is 49.4 Å². The summed E-state index contributed by atoms with van der Waals surface area (Å²) in [4.78, 5) is 7.82. The SMILES string of the molecule is N#Cc1ccc(CC2CC2)nc1Cl.N#Cc1ccc(Cl)nc1Cl. The van der Waals surface area contributed by atoms with Crippen LogP contribution in [0.5, 0.6) is 0 Å². The second-order valence-electron chi connectivity index (χ2n) is 4.98. The summed E-state index contributed by atoms with van der Waals surface area (Å²) in [6.07, 6.45) is 3.62. The first-order chi connectivity index (χ1) is 11.0. The van der Waals surface area contributed by atoms with Crippen molar-refractivity contribution in [3.05, 3.63) is 56.5 Å². The molecule has 0 spiro atoms. The molecule has 1 aliphatic carbocycles. The van der Waals surface area contributed by atoms with Gasteiger partial charge in [0.2, 0.25) is 0 Å². The molecular formula is C16H11Cl3N4. The zero-order chi connectivity index (χ0) is 16.8. The van der Waals surface area contributed by atoms with E-state index >= 15 is 0 Å². The van der Waals surface area contributed by atoms with Crippen LogP contribution in [0, 0.1) is 28.6 Å². The molecule has 0 unspecified atom stereocenters.